The molecule has 4 aliphatic heterocycles. The van der Waals surface area contributed by atoms with Crippen LogP contribution in [0.2, 0.25) is 0 Å². The number of fused-ring (bicyclic) bond motifs is 4. The maximum Gasteiger partial charge on any atom is 0.411 e. The van der Waals surface area contributed by atoms with E-state index in [2.05, 4.69) is 20.4 Å². The molecule has 0 radical (unpaired) electrons. The molecule has 8 nitrogen and oxygen atoms in total. The Bertz CT molecular complexity index is 833. The lowest BCUT2D eigenvalue weighted by Crippen LogP contribution is -2.53. The number of carbonyl (C=O) groups excluding carboxylic acids is 1. The molecule has 3 fully saturated rings. The maximum atomic E-state index is 13.4. The summed E-state index contributed by atoms with van der Waals surface area (Å²) >= 11 is 0. The van der Waals surface area contributed by atoms with Gasteiger partial charge in [0, 0.05) is 13.1 Å². The van der Waals surface area contributed by atoms with E-state index in [4.69, 9.17) is 4.74 Å². The molecular weight excluding hydrogens is 351 g/mol. The van der Waals surface area contributed by atoms with Crippen molar-refractivity contribution in [2.75, 3.05) is 26.2 Å². The van der Waals surface area contributed by atoms with E-state index in [-0.39, 0.29) is 18.0 Å². The molecule has 1 amide bonds. The van der Waals surface area contributed by atoms with Crippen molar-refractivity contribution < 1.29 is 13.9 Å². The van der Waals surface area contributed by atoms with Gasteiger partial charge in [-0.25, -0.2) is 13.9 Å². The van der Waals surface area contributed by atoms with Crippen LogP contribution in [0.15, 0.2) is 24.3 Å². The highest BCUT2D eigenvalue weighted by Crippen LogP contribution is 2.33. The molecule has 3 saturated heterocycles. The predicted octanol–water partition coefficient (Wildman–Crippen LogP) is 1.45. The summed E-state index contributed by atoms with van der Waals surface area (Å²) in [5.74, 6) is 0.688. The fraction of sp³-hybridized carbons (Fsp3) is 0.556. The van der Waals surface area contributed by atoms with Crippen molar-refractivity contribution in [2.24, 2.45) is 5.92 Å². The second-order valence-electron chi connectivity index (χ2n) is 7.47. The van der Waals surface area contributed by atoms with Crippen LogP contribution in [0.25, 0.3) is 0 Å². The summed E-state index contributed by atoms with van der Waals surface area (Å²) < 4.78 is 21.0. The van der Waals surface area contributed by atoms with Gasteiger partial charge in [0.15, 0.2) is 5.82 Å². The number of aromatic nitrogens is 4. The summed E-state index contributed by atoms with van der Waals surface area (Å²) in [7, 11) is 0. The Morgan fingerprint density at radius 1 is 1.11 bits per heavy atom. The van der Waals surface area contributed by atoms with Gasteiger partial charge in [-0.05, 0) is 60.0 Å². The first-order valence-corrected chi connectivity index (χ1v) is 9.40. The van der Waals surface area contributed by atoms with Gasteiger partial charge in [0.2, 0.25) is 0 Å². The molecule has 9 heteroatoms. The first-order valence-electron chi connectivity index (χ1n) is 9.40. The Balaban J connectivity index is 1.41. The van der Waals surface area contributed by atoms with Crippen LogP contribution in [-0.4, -0.2) is 68.4 Å². The number of amides is 1. The molecule has 0 N–H and O–H groups in total. The van der Waals surface area contributed by atoms with E-state index in [1.54, 1.807) is 21.7 Å². The third-order valence-electron chi connectivity index (χ3n) is 5.94. The van der Waals surface area contributed by atoms with Gasteiger partial charge < -0.3 is 4.74 Å². The van der Waals surface area contributed by atoms with Crippen molar-refractivity contribution in [3.05, 3.63) is 41.5 Å². The van der Waals surface area contributed by atoms with E-state index in [1.807, 2.05) is 0 Å². The molecule has 1 aromatic carbocycles. The average Bonchev–Trinajstić information content (AvgIpc) is 3.18. The van der Waals surface area contributed by atoms with Gasteiger partial charge in [0.1, 0.15) is 18.0 Å². The minimum atomic E-state index is -0.483. The summed E-state index contributed by atoms with van der Waals surface area (Å²) in [5.41, 5.74) is 0.762. The van der Waals surface area contributed by atoms with Crippen LogP contribution < -0.4 is 0 Å². The third kappa shape index (κ3) is 2.95. The van der Waals surface area contributed by atoms with Crippen molar-refractivity contribution in [3.63, 3.8) is 0 Å². The monoisotopic (exact) mass is 372 g/mol. The van der Waals surface area contributed by atoms with Crippen molar-refractivity contribution in [1.29, 1.82) is 0 Å². The molecular formula is C18H21FN6O2. The summed E-state index contributed by atoms with van der Waals surface area (Å²) in [6.45, 7) is 3.95. The van der Waals surface area contributed by atoms with Crippen LogP contribution in [0, 0.1) is 11.7 Å². The van der Waals surface area contributed by atoms with Crippen LogP contribution in [0.4, 0.5) is 9.18 Å². The molecule has 2 aromatic rings. The number of halogens is 1. The molecule has 5 heterocycles. The van der Waals surface area contributed by atoms with Gasteiger partial charge in [-0.1, -0.05) is 12.1 Å². The highest BCUT2D eigenvalue weighted by atomic mass is 19.1. The quantitative estimate of drug-likeness (QED) is 0.794. The zero-order valence-corrected chi connectivity index (χ0v) is 14.9. The van der Waals surface area contributed by atoms with Crippen LogP contribution in [-0.2, 0) is 11.3 Å². The molecule has 2 bridgehead atoms. The van der Waals surface area contributed by atoms with Gasteiger partial charge in [-0.15, -0.1) is 5.10 Å². The fourth-order valence-electron chi connectivity index (χ4n) is 4.45. The zero-order valence-electron chi connectivity index (χ0n) is 14.9. The summed E-state index contributed by atoms with van der Waals surface area (Å²) in [6, 6.07) is 5.62. The van der Waals surface area contributed by atoms with Gasteiger partial charge in [-0.3, -0.25) is 9.80 Å². The van der Waals surface area contributed by atoms with Gasteiger partial charge in [0.25, 0.3) is 0 Å². The molecule has 142 valence electrons. The number of ether oxygens (including phenoxy) is 1. The van der Waals surface area contributed by atoms with Crippen LogP contribution >= 0.6 is 0 Å². The van der Waals surface area contributed by atoms with Crippen molar-refractivity contribution in [1.82, 2.24) is 30.0 Å². The summed E-state index contributed by atoms with van der Waals surface area (Å²) in [4.78, 5) is 17.1. The van der Waals surface area contributed by atoms with Crippen molar-refractivity contribution in [3.8, 4) is 0 Å². The first kappa shape index (κ1) is 16.6. The van der Waals surface area contributed by atoms with E-state index >= 15 is 0 Å². The van der Waals surface area contributed by atoms with Crippen molar-refractivity contribution >= 4 is 6.09 Å². The largest absolute Gasteiger partial charge is 0.444 e. The Hall–Kier alpha value is -2.55. The molecule has 0 aliphatic carbocycles. The SMILES string of the molecule is O=C(OC1CN2CCC1CC2)N1CCn2nnnc2C1c1ccc(F)cc1. The predicted molar refractivity (Wildman–Crippen MR) is 92.2 cm³/mol. The molecule has 0 spiro atoms. The van der Waals surface area contributed by atoms with Gasteiger partial charge in [-0.2, -0.15) is 0 Å². The Labute approximate surface area is 155 Å². The van der Waals surface area contributed by atoms with E-state index in [0.29, 0.717) is 24.8 Å². The summed E-state index contributed by atoms with van der Waals surface area (Å²) in [5, 5.41) is 11.8. The number of hydrogen-bond donors (Lipinski definition) is 0. The lowest BCUT2D eigenvalue weighted by Gasteiger charge is -2.45. The highest BCUT2D eigenvalue weighted by Gasteiger charge is 2.40. The molecule has 2 unspecified atom stereocenters. The Morgan fingerprint density at radius 3 is 2.59 bits per heavy atom. The summed E-state index contributed by atoms with van der Waals surface area (Å²) in [6.07, 6.45) is 1.75. The molecule has 4 aliphatic rings. The van der Waals surface area contributed by atoms with Crippen LogP contribution in [0.5, 0.6) is 0 Å². The van der Waals surface area contributed by atoms with E-state index in [1.165, 1.54) is 12.1 Å². The average molecular weight is 372 g/mol. The highest BCUT2D eigenvalue weighted by molar-refractivity contribution is 5.69. The minimum Gasteiger partial charge on any atom is -0.444 e. The second kappa shape index (κ2) is 6.56. The number of benzene rings is 1. The molecule has 6 rings (SSSR count). The minimum absolute atomic E-state index is 0.0632. The molecule has 2 atom stereocenters. The first-order chi connectivity index (χ1) is 13.2. The van der Waals surface area contributed by atoms with E-state index in [0.717, 1.165) is 38.0 Å². The number of rotatable bonds is 2. The number of hydrogen-bond acceptors (Lipinski definition) is 6. The number of nitrogens with zero attached hydrogens (tertiary/aromatic N) is 6. The lowest BCUT2D eigenvalue weighted by atomic mass is 9.86. The van der Waals surface area contributed by atoms with Gasteiger partial charge in [0.05, 0.1) is 6.54 Å². The normalized spacial score (nSPS) is 29.4. The Morgan fingerprint density at radius 2 is 1.89 bits per heavy atom. The lowest BCUT2D eigenvalue weighted by molar-refractivity contribution is -0.0476. The third-order valence-corrected chi connectivity index (χ3v) is 5.94. The fourth-order valence-corrected chi connectivity index (χ4v) is 4.45. The number of piperidine rings is 3. The molecule has 1 aromatic heterocycles. The van der Waals surface area contributed by atoms with E-state index < -0.39 is 6.04 Å². The van der Waals surface area contributed by atoms with Crippen LogP contribution in [0.1, 0.15) is 30.3 Å². The smallest absolute Gasteiger partial charge is 0.411 e. The molecule has 27 heavy (non-hydrogen) atoms. The maximum absolute atomic E-state index is 13.4. The van der Waals surface area contributed by atoms with E-state index in [9.17, 15) is 9.18 Å². The number of carbonyl (C=O) groups is 1. The van der Waals surface area contributed by atoms with Crippen LogP contribution in [0.3, 0.4) is 0 Å². The van der Waals surface area contributed by atoms with Crippen molar-refractivity contribution in [2.45, 2.75) is 31.5 Å². The zero-order chi connectivity index (χ0) is 18.4. The standard InChI is InChI=1S/C18H21FN6O2/c19-14-3-1-13(2-4-14)16-17-20-21-22-25(17)10-9-24(16)18(26)27-15-11-23-7-5-12(15)6-8-23/h1-4,12,15-16H,5-11H2. The Kier molecular flexibility index (Phi) is 4.04. The second-order valence-corrected chi connectivity index (χ2v) is 7.47. The molecule has 0 saturated carbocycles. The van der Waals surface area contributed by atoms with Gasteiger partial charge >= 0.3 is 6.09 Å². The number of tetrazole rings is 1. The topological polar surface area (TPSA) is 76.4 Å².